The van der Waals surface area contributed by atoms with Gasteiger partial charge in [0.25, 0.3) is 6.43 Å². The van der Waals surface area contributed by atoms with Crippen molar-refractivity contribution in [2.45, 2.75) is 24.5 Å². The Labute approximate surface area is 93.1 Å². The highest BCUT2D eigenvalue weighted by molar-refractivity contribution is 8.00. The molecule has 0 radical (unpaired) electrons. The predicted molar refractivity (Wildman–Crippen MR) is 60.8 cm³/mol. The molecule has 0 spiro atoms. The Bertz CT molecular complexity index is 206. The number of thioether (sulfide) groups is 1. The molecule has 0 aromatic carbocycles. The maximum absolute atomic E-state index is 11.9. The quantitative estimate of drug-likeness (QED) is 0.572. The molecule has 88 valence electrons. The number of hydrogen-bond donors (Lipinski definition) is 2. The van der Waals surface area contributed by atoms with Crippen LogP contribution in [-0.2, 0) is 0 Å². The van der Waals surface area contributed by atoms with Gasteiger partial charge in [-0.15, -0.1) is 0 Å². The number of alkyl halides is 2. The van der Waals surface area contributed by atoms with E-state index in [2.05, 4.69) is 15.6 Å². The molecule has 15 heavy (non-hydrogen) atoms. The fourth-order valence-corrected chi connectivity index (χ4v) is 2.61. The number of hydrogen-bond acceptors (Lipinski definition) is 2. The van der Waals surface area contributed by atoms with Crippen LogP contribution in [-0.4, -0.2) is 43.5 Å². The molecule has 1 aliphatic heterocycles. The fraction of sp³-hybridized carbons (Fsp3) is 0.889. The van der Waals surface area contributed by atoms with E-state index in [4.69, 9.17) is 0 Å². The molecule has 0 saturated carbocycles. The van der Waals surface area contributed by atoms with E-state index in [0.717, 1.165) is 6.54 Å². The number of rotatable bonds is 4. The average Bonchev–Trinajstić information content (AvgIpc) is 2.70. The largest absolute Gasteiger partial charge is 0.355 e. The summed E-state index contributed by atoms with van der Waals surface area (Å²) in [5.41, 5.74) is 0. The van der Waals surface area contributed by atoms with Gasteiger partial charge in [-0.3, -0.25) is 4.99 Å². The van der Waals surface area contributed by atoms with Crippen molar-refractivity contribution in [1.82, 2.24) is 10.6 Å². The lowest BCUT2D eigenvalue weighted by Crippen LogP contribution is -2.41. The number of nitrogens with one attached hydrogen (secondary N) is 2. The third-order valence-electron chi connectivity index (χ3n) is 2.17. The lowest BCUT2D eigenvalue weighted by atomic mass is 10.2. The Kier molecular flexibility index (Phi) is 5.75. The van der Waals surface area contributed by atoms with Crippen molar-refractivity contribution in [1.29, 1.82) is 0 Å². The molecule has 1 unspecified atom stereocenters. The van der Waals surface area contributed by atoms with Gasteiger partial charge in [0, 0.05) is 18.8 Å². The molecule has 1 saturated heterocycles. The molecule has 0 bridgehead atoms. The minimum atomic E-state index is -2.34. The predicted octanol–water partition coefficient (Wildman–Crippen LogP) is 1.31. The molecule has 3 nitrogen and oxygen atoms in total. The molecule has 0 aliphatic carbocycles. The number of aliphatic imine (C=N–C) groups is 1. The van der Waals surface area contributed by atoms with Gasteiger partial charge in [-0.05, 0) is 18.6 Å². The first-order valence-corrected chi connectivity index (χ1v) is 6.11. The summed E-state index contributed by atoms with van der Waals surface area (Å²) in [6.45, 7) is 0.449. The zero-order valence-corrected chi connectivity index (χ0v) is 9.62. The van der Waals surface area contributed by atoms with E-state index in [1.807, 2.05) is 11.8 Å². The Balaban J connectivity index is 2.16. The summed E-state index contributed by atoms with van der Waals surface area (Å²) in [4.78, 5) is 3.87. The first-order chi connectivity index (χ1) is 7.22. The zero-order chi connectivity index (χ0) is 11.1. The minimum Gasteiger partial charge on any atom is -0.355 e. The highest BCUT2D eigenvalue weighted by atomic mass is 32.2. The van der Waals surface area contributed by atoms with E-state index < -0.39 is 6.43 Å². The van der Waals surface area contributed by atoms with Gasteiger partial charge in [0.2, 0.25) is 0 Å². The van der Waals surface area contributed by atoms with Crippen LogP contribution in [0.25, 0.3) is 0 Å². The molecular formula is C9H17F2N3S. The summed E-state index contributed by atoms with van der Waals surface area (Å²) in [5.74, 6) is 1.66. The molecule has 0 aromatic heterocycles. The second-order valence-corrected chi connectivity index (χ2v) is 4.77. The van der Waals surface area contributed by atoms with Crippen LogP contribution in [0.5, 0.6) is 0 Å². The molecule has 1 heterocycles. The smallest absolute Gasteiger partial charge is 0.255 e. The highest BCUT2D eigenvalue weighted by Crippen LogP contribution is 2.25. The molecule has 0 amide bonds. The second kappa shape index (κ2) is 6.87. The van der Waals surface area contributed by atoms with Crippen LogP contribution in [0.1, 0.15) is 12.8 Å². The molecule has 0 aromatic rings. The van der Waals surface area contributed by atoms with Crippen molar-refractivity contribution < 1.29 is 8.78 Å². The Morgan fingerprint density at radius 1 is 1.53 bits per heavy atom. The van der Waals surface area contributed by atoms with E-state index in [1.54, 1.807) is 7.05 Å². The van der Waals surface area contributed by atoms with Crippen LogP contribution < -0.4 is 10.6 Å². The number of guanidine groups is 1. The maximum Gasteiger partial charge on any atom is 0.255 e. The molecule has 1 atom stereocenters. The van der Waals surface area contributed by atoms with Gasteiger partial charge in [-0.25, -0.2) is 8.78 Å². The normalized spacial score (nSPS) is 22.1. The van der Waals surface area contributed by atoms with Gasteiger partial charge in [0.05, 0.1) is 6.54 Å². The lowest BCUT2D eigenvalue weighted by molar-refractivity contribution is 0.152. The van der Waals surface area contributed by atoms with Gasteiger partial charge in [0.1, 0.15) is 0 Å². The number of halogens is 2. The van der Waals surface area contributed by atoms with E-state index in [-0.39, 0.29) is 6.54 Å². The van der Waals surface area contributed by atoms with E-state index in [1.165, 1.54) is 18.6 Å². The molecule has 6 heteroatoms. The fourth-order valence-electron chi connectivity index (χ4n) is 1.41. The average molecular weight is 237 g/mol. The summed E-state index contributed by atoms with van der Waals surface area (Å²) in [6.07, 6.45) is 0.105. The van der Waals surface area contributed by atoms with Crippen molar-refractivity contribution in [3.63, 3.8) is 0 Å². The van der Waals surface area contributed by atoms with Crippen molar-refractivity contribution >= 4 is 17.7 Å². The van der Waals surface area contributed by atoms with Crippen LogP contribution in [0.3, 0.4) is 0 Å². The van der Waals surface area contributed by atoms with Gasteiger partial charge < -0.3 is 10.6 Å². The summed E-state index contributed by atoms with van der Waals surface area (Å²) in [7, 11) is 1.59. The SMILES string of the molecule is CN=C(NCC(F)F)NCC1CCCS1. The van der Waals surface area contributed by atoms with Gasteiger partial charge >= 0.3 is 0 Å². The second-order valence-electron chi connectivity index (χ2n) is 3.36. The minimum absolute atomic E-state index is 0.350. The third-order valence-corrected chi connectivity index (χ3v) is 3.57. The van der Waals surface area contributed by atoms with Crippen molar-refractivity contribution in [3.05, 3.63) is 0 Å². The zero-order valence-electron chi connectivity index (χ0n) is 8.80. The van der Waals surface area contributed by atoms with Gasteiger partial charge in [-0.2, -0.15) is 11.8 Å². The summed E-state index contributed by atoms with van der Waals surface area (Å²) in [6, 6.07) is 0. The topological polar surface area (TPSA) is 36.4 Å². The van der Waals surface area contributed by atoms with Crippen molar-refractivity contribution in [2.24, 2.45) is 4.99 Å². The van der Waals surface area contributed by atoms with E-state index >= 15 is 0 Å². The van der Waals surface area contributed by atoms with Crippen molar-refractivity contribution in [3.8, 4) is 0 Å². The molecule has 1 rings (SSSR count). The van der Waals surface area contributed by atoms with Crippen molar-refractivity contribution in [2.75, 3.05) is 25.9 Å². The Hall–Kier alpha value is -0.520. The lowest BCUT2D eigenvalue weighted by Gasteiger charge is -2.14. The third kappa shape index (κ3) is 5.20. The monoisotopic (exact) mass is 237 g/mol. The van der Waals surface area contributed by atoms with Gasteiger partial charge in [-0.1, -0.05) is 0 Å². The number of nitrogens with zero attached hydrogens (tertiary/aromatic N) is 1. The standard InChI is InChI=1S/C9H17F2N3S/c1-12-9(14-6-8(10)11)13-5-7-3-2-4-15-7/h7-8H,2-6H2,1H3,(H2,12,13,14). The summed E-state index contributed by atoms with van der Waals surface area (Å²) >= 11 is 1.93. The van der Waals surface area contributed by atoms with E-state index in [0.29, 0.717) is 11.2 Å². The molecule has 1 aliphatic rings. The first-order valence-electron chi connectivity index (χ1n) is 5.06. The van der Waals surface area contributed by atoms with Crippen LogP contribution in [0.4, 0.5) is 8.78 Å². The van der Waals surface area contributed by atoms with Crippen LogP contribution >= 0.6 is 11.8 Å². The van der Waals surface area contributed by atoms with E-state index in [9.17, 15) is 8.78 Å². The molecular weight excluding hydrogens is 220 g/mol. The summed E-state index contributed by atoms with van der Waals surface area (Å²) in [5, 5.41) is 6.22. The van der Waals surface area contributed by atoms with Gasteiger partial charge in [0.15, 0.2) is 5.96 Å². The molecule has 2 N–H and O–H groups in total. The summed E-state index contributed by atoms with van der Waals surface area (Å²) < 4.78 is 23.8. The van der Waals surface area contributed by atoms with Crippen LogP contribution in [0, 0.1) is 0 Å². The Morgan fingerprint density at radius 3 is 2.87 bits per heavy atom. The van der Waals surface area contributed by atoms with Crippen LogP contribution in [0.2, 0.25) is 0 Å². The van der Waals surface area contributed by atoms with Crippen LogP contribution in [0.15, 0.2) is 4.99 Å². The highest BCUT2D eigenvalue weighted by Gasteiger charge is 2.15. The maximum atomic E-state index is 11.9. The molecule has 1 fully saturated rings. The Morgan fingerprint density at radius 2 is 2.33 bits per heavy atom. The first kappa shape index (κ1) is 12.5.